The highest BCUT2D eigenvalue weighted by Gasteiger charge is 2.31. The van der Waals surface area contributed by atoms with Gasteiger partial charge in [-0.25, -0.2) is 4.79 Å². The van der Waals surface area contributed by atoms with Gasteiger partial charge in [-0.2, -0.15) is 0 Å². The van der Waals surface area contributed by atoms with E-state index in [1.807, 2.05) is 58.1 Å². The molecular formula is C29H40N2O3. The maximum atomic E-state index is 12.4. The predicted molar refractivity (Wildman–Crippen MR) is 141 cm³/mol. The molecule has 0 radical (unpaired) electrons. The number of carbonyl (C=O) groups is 1. The molecule has 184 valence electrons. The summed E-state index contributed by atoms with van der Waals surface area (Å²) in [5.74, 6) is 1.38. The first-order valence-electron chi connectivity index (χ1n) is 12.8. The van der Waals surface area contributed by atoms with Crippen LogP contribution in [0.1, 0.15) is 72.3 Å². The van der Waals surface area contributed by atoms with Gasteiger partial charge in [0.1, 0.15) is 11.9 Å². The van der Waals surface area contributed by atoms with Crippen molar-refractivity contribution in [2.45, 2.75) is 78.9 Å². The molecule has 5 heteroatoms. The number of anilines is 1. The summed E-state index contributed by atoms with van der Waals surface area (Å²) in [6.45, 7) is 10.7. The highest BCUT2D eigenvalue weighted by atomic mass is 16.6. The minimum Gasteiger partial charge on any atom is -0.494 e. The summed E-state index contributed by atoms with van der Waals surface area (Å²) in [6, 6.07) is 6.74. The Bertz CT molecular complexity index is 952. The van der Waals surface area contributed by atoms with Crippen molar-refractivity contribution in [1.82, 2.24) is 5.32 Å². The topological polar surface area (TPSA) is 50.8 Å². The van der Waals surface area contributed by atoms with Gasteiger partial charge in [-0.05, 0) is 88.7 Å². The molecule has 1 atom stereocenters. The van der Waals surface area contributed by atoms with Crippen LogP contribution in [0.5, 0.6) is 5.75 Å². The largest absolute Gasteiger partial charge is 0.494 e. The molecule has 0 bridgehead atoms. The zero-order chi connectivity index (χ0) is 24.5. The summed E-state index contributed by atoms with van der Waals surface area (Å²) in [6.07, 6.45) is 17.4. The summed E-state index contributed by atoms with van der Waals surface area (Å²) >= 11 is 0. The third-order valence-electron chi connectivity index (χ3n) is 6.42. The molecule has 1 aromatic rings. The van der Waals surface area contributed by atoms with Crippen molar-refractivity contribution < 1.29 is 14.3 Å². The van der Waals surface area contributed by atoms with Crippen LogP contribution in [-0.2, 0) is 4.74 Å². The van der Waals surface area contributed by atoms with E-state index < -0.39 is 6.09 Å². The zero-order valence-electron chi connectivity index (χ0n) is 21.3. The first-order chi connectivity index (χ1) is 16.5. The Kier molecular flexibility index (Phi) is 9.43. The van der Waals surface area contributed by atoms with Crippen molar-refractivity contribution in [3.63, 3.8) is 0 Å². The van der Waals surface area contributed by atoms with Gasteiger partial charge in [0.05, 0.1) is 12.3 Å². The van der Waals surface area contributed by atoms with Crippen LogP contribution in [0.3, 0.4) is 0 Å². The van der Waals surface area contributed by atoms with Gasteiger partial charge in [0.25, 0.3) is 0 Å². The molecule has 1 amide bonds. The van der Waals surface area contributed by atoms with Gasteiger partial charge in [-0.1, -0.05) is 32.1 Å². The normalized spacial score (nSPS) is 23.6. The van der Waals surface area contributed by atoms with E-state index in [1.54, 1.807) is 0 Å². The molecule has 3 aliphatic rings. The zero-order valence-corrected chi connectivity index (χ0v) is 21.3. The fraction of sp³-hybridized carbons (Fsp3) is 0.483. The van der Waals surface area contributed by atoms with Gasteiger partial charge in [0.15, 0.2) is 0 Å². The maximum absolute atomic E-state index is 12.4. The minimum atomic E-state index is -0.399. The van der Waals surface area contributed by atoms with E-state index in [0.717, 1.165) is 37.1 Å². The molecule has 2 saturated carbocycles. The van der Waals surface area contributed by atoms with E-state index >= 15 is 0 Å². The van der Waals surface area contributed by atoms with E-state index in [0.29, 0.717) is 24.3 Å². The number of fused-ring (bicyclic) bond motifs is 1. The third kappa shape index (κ3) is 6.78. The van der Waals surface area contributed by atoms with E-state index in [4.69, 9.17) is 9.47 Å². The van der Waals surface area contributed by atoms with Crippen molar-refractivity contribution in [3.8, 4) is 5.75 Å². The molecule has 1 N–H and O–H groups in total. The lowest BCUT2D eigenvalue weighted by atomic mass is 9.90. The van der Waals surface area contributed by atoms with Crippen LogP contribution in [0.2, 0.25) is 0 Å². The number of carbonyl (C=O) groups excluding carboxylic acids is 1. The van der Waals surface area contributed by atoms with Gasteiger partial charge >= 0.3 is 6.09 Å². The van der Waals surface area contributed by atoms with Crippen molar-refractivity contribution >= 4 is 17.4 Å². The standard InChI is InChI=1S/C27H34N2O3.C2H6/c1-4-31-24-14-15-25-19(2)8-5-6-9-22(28-27(30)32-20(3)21-12-13-21)16-17-29(26(25)18-24)23-10-7-11-23;1-2/h5-6,8-9,14-18,20-21,23H,4,7,10-13H2,1-3H3,(H,28,30);1-2H3/b6-5+,17-16-,19-8+,22-9+;. The van der Waals surface area contributed by atoms with Gasteiger partial charge in [-0.3, -0.25) is 5.32 Å². The molecule has 4 rings (SSSR count). The number of nitrogens with one attached hydrogen (secondary N) is 1. The molecule has 2 aliphatic carbocycles. The van der Waals surface area contributed by atoms with Crippen LogP contribution < -0.4 is 15.0 Å². The second kappa shape index (κ2) is 12.5. The van der Waals surface area contributed by atoms with Crippen LogP contribution in [0.4, 0.5) is 10.5 Å². The van der Waals surface area contributed by atoms with Gasteiger partial charge in [-0.15, -0.1) is 0 Å². The van der Waals surface area contributed by atoms with Crippen molar-refractivity contribution in [1.29, 1.82) is 0 Å². The number of rotatable bonds is 6. The fourth-order valence-electron chi connectivity index (χ4n) is 4.10. The number of benzene rings is 1. The lowest BCUT2D eigenvalue weighted by Crippen LogP contribution is -2.37. The summed E-state index contributed by atoms with van der Waals surface area (Å²) < 4.78 is 11.4. The number of hydrogen-bond donors (Lipinski definition) is 1. The first-order valence-corrected chi connectivity index (χ1v) is 12.8. The molecule has 1 unspecified atom stereocenters. The molecular weight excluding hydrogens is 424 g/mol. The van der Waals surface area contributed by atoms with E-state index in [2.05, 4.69) is 41.5 Å². The van der Waals surface area contributed by atoms with E-state index in [-0.39, 0.29) is 6.10 Å². The van der Waals surface area contributed by atoms with Crippen LogP contribution in [0, 0.1) is 5.92 Å². The Hall–Kier alpha value is -2.95. The molecule has 5 nitrogen and oxygen atoms in total. The second-order valence-corrected chi connectivity index (χ2v) is 8.85. The van der Waals surface area contributed by atoms with Gasteiger partial charge in [0, 0.05) is 29.6 Å². The quantitative estimate of drug-likeness (QED) is 0.478. The molecule has 1 aliphatic heterocycles. The number of alkyl carbamates (subject to hydrolysis) is 1. The van der Waals surface area contributed by atoms with Crippen LogP contribution in [-0.4, -0.2) is 24.8 Å². The lowest BCUT2D eigenvalue weighted by molar-refractivity contribution is 0.0980. The highest BCUT2D eigenvalue weighted by Crippen LogP contribution is 2.37. The average molecular weight is 465 g/mol. The summed E-state index contributed by atoms with van der Waals surface area (Å²) in [5, 5.41) is 2.92. The van der Waals surface area contributed by atoms with Crippen LogP contribution in [0.25, 0.3) is 5.57 Å². The molecule has 1 aromatic carbocycles. The Morgan fingerprint density at radius 2 is 1.88 bits per heavy atom. The first kappa shape index (κ1) is 25.7. The molecule has 0 aromatic heterocycles. The van der Waals surface area contributed by atoms with E-state index in [1.165, 1.54) is 17.6 Å². The maximum Gasteiger partial charge on any atom is 0.411 e. The summed E-state index contributed by atoms with van der Waals surface area (Å²) in [7, 11) is 0. The second-order valence-electron chi connectivity index (χ2n) is 8.85. The Morgan fingerprint density at radius 3 is 2.53 bits per heavy atom. The summed E-state index contributed by atoms with van der Waals surface area (Å²) in [5.41, 5.74) is 4.20. The van der Waals surface area contributed by atoms with Crippen molar-refractivity contribution in [2.75, 3.05) is 11.5 Å². The number of amides is 1. The predicted octanol–water partition coefficient (Wildman–Crippen LogP) is 7.37. The van der Waals surface area contributed by atoms with Crippen LogP contribution in [0.15, 0.2) is 60.5 Å². The fourth-order valence-corrected chi connectivity index (χ4v) is 4.10. The molecule has 1 heterocycles. The van der Waals surface area contributed by atoms with Crippen molar-refractivity contribution in [3.05, 3.63) is 66.0 Å². The lowest BCUT2D eigenvalue weighted by Gasteiger charge is -2.38. The van der Waals surface area contributed by atoms with Gasteiger partial charge in [0.2, 0.25) is 0 Å². The van der Waals surface area contributed by atoms with Crippen LogP contribution >= 0.6 is 0 Å². The van der Waals surface area contributed by atoms with Crippen molar-refractivity contribution in [2.24, 2.45) is 5.92 Å². The molecule has 2 fully saturated rings. The summed E-state index contributed by atoms with van der Waals surface area (Å²) in [4.78, 5) is 14.8. The molecule has 34 heavy (non-hydrogen) atoms. The number of ether oxygens (including phenoxy) is 2. The monoisotopic (exact) mass is 464 g/mol. The Morgan fingerprint density at radius 1 is 1.15 bits per heavy atom. The molecule has 0 spiro atoms. The SMILES string of the molecule is CC.CCOc1ccc2c(c1)N(C1CCC1)\C=C/C(NC(=O)OC(C)C1CC1)=C\C=C\C=C\2C. The Labute approximate surface area is 205 Å². The number of hydrogen-bond acceptors (Lipinski definition) is 4. The average Bonchev–Trinajstić information content (AvgIpc) is 3.64. The third-order valence-corrected chi connectivity index (χ3v) is 6.42. The van der Waals surface area contributed by atoms with E-state index in [9.17, 15) is 4.79 Å². The smallest absolute Gasteiger partial charge is 0.411 e. The van der Waals surface area contributed by atoms with Gasteiger partial charge < -0.3 is 14.4 Å². The molecule has 0 saturated heterocycles. The number of allylic oxidation sites excluding steroid dienone is 6. The Balaban J connectivity index is 0.00000158. The number of nitrogens with zero attached hydrogens (tertiary/aromatic N) is 1. The minimum absolute atomic E-state index is 0.0428. The highest BCUT2D eigenvalue weighted by molar-refractivity contribution is 5.79.